The molecule has 4 nitrogen and oxygen atoms in total. The number of hydrogen-bond acceptors (Lipinski definition) is 3. The van der Waals surface area contributed by atoms with E-state index in [1.165, 1.54) is 32.1 Å². The lowest BCUT2D eigenvalue weighted by molar-refractivity contribution is -0.118. The van der Waals surface area contributed by atoms with E-state index in [1.54, 1.807) is 7.11 Å². The highest BCUT2D eigenvalue weighted by molar-refractivity contribution is 5.99. The number of rotatable bonds is 3. The van der Waals surface area contributed by atoms with Crippen LogP contribution < -0.4 is 14.8 Å². The number of amides is 1. The first-order valence-corrected chi connectivity index (χ1v) is 8.58. The fourth-order valence-corrected chi connectivity index (χ4v) is 3.29. The van der Waals surface area contributed by atoms with Gasteiger partial charge >= 0.3 is 0 Å². The number of methoxy groups -OCH3 is 1. The van der Waals surface area contributed by atoms with Crippen LogP contribution in [-0.4, -0.2) is 25.7 Å². The maximum absolute atomic E-state index is 12.5. The zero-order chi connectivity index (χ0) is 16.1. The van der Waals surface area contributed by atoms with E-state index >= 15 is 0 Å². The molecule has 1 aromatic carbocycles. The summed E-state index contributed by atoms with van der Waals surface area (Å²) in [5.74, 6) is 1.57. The first-order chi connectivity index (χ1) is 11.3. The molecule has 0 unspecified atom stereocenters. The summed E-state index contributed by atoms with van der Waals surface area (Å²) in [5, 5.41) is 3.20. The van der Waals surface area contributed by atoms with Crippen molar-refractivity contribution in [3.8, 4) is 11.5 Å². The van der Waals surface area contributed by atoms with Crippen LogP contribution in [0.2, 0.25) is 0 Å². The SMILES string of the molecule is COc1ccc2c(c1)C=C(C(=O)NC1CCCCCCC1)CO2. The van der Waals surface area contributed by atoms with Crippen LogP contribution in [-0.2, 0) is 4.79 Å². The van der Waals surface area contributed by atoms with Gasteiger partial charge in [0.05, 0.1) is 12.7 Å². The summed E-state index contributed by atoms with van der Waals surface area (Å²) in [6.45, 7) is 0.331. The molecule has 1 fully saturated rings. The van der Waals surface area contributed by atoms with Crippen molar-refractivity contribution in [2.45, 2.75) is 51.0 Å². The molecule has 1 N–H and O–H groups in total. The van der Waals surface area contributed by atoms with Crippen LogP contribution in [0.5, 0.6) is 11.5 Å². The minimum Gasteiger partial charge on any atom is -0.497 e. The van der Waals surface area contributed by atoms with E-state index in [0.717, 1.165) is 29.9 Å². The molecule has 1 aromatic rings. The molecular weight excluding hydrogens is 290 g/mol. The van der Waals surface area contributed by atoms with Crippen molar-refractivity contribution in [3.05, 3.63) is 29.3 Å². The molecule has 4 heteroatoms. The molecule has 1 aliphatic heterocycles. The van der Waals surface area contributed by atoms with Crippen LogP contribution in [0.1, 0.15) is 50.5 Å². The zero-order valence-corrected chi connectivity index (χ0v) is 13.8. The molecule has 0 aromatic heterocycles. The minimum absolute atomic E-state index is 0.00374. The summed E-state index contributed by atoms with van der Waals surface area (Å²) in [4.78, 5) is 12.5. The summed E-state index contributed by atoms with van der Waals surface area (Å²) >= 11 is 0. The van der Waals surface area contributed by atoms with Gasteiger partial charge in [-0.15, -0.1) is 0 Å². The Bertz CT molecular complexity index is 586. The van der Waals surface area contributed by atoms with Gasteiger partial charge in [0.15, 0.2) is 0 Å². The molecule has 1 amide bonds. The maximum atomic E-state index is 12.5. The molecular formula is C19H25NO3. The molecule has 0 bridgehead atoms. The first kappa shape index (κ1) is 15.9. The molecule has 0 radical (unpaired) electrons. The molecule has 1 aliphatic carbocycles. The van der Waals surface area contributed by atoms with E-state index in [0.29, 0.717) is 18.2 Å². The number of benzene rings is 1. The Balaban J connectivity index is 1.68. The molecule has 2 aliphatic rings. The average Bonchev–Trinajstić information content (AvgIpc) is 2.56. The lowest BCUT2D eigenvalue weighted by Crippen LogP contribution is -2.37. The normalized spacial score (nSPS) is 18.7. The Morgan fingerprint density at radius 3 is 2.65 bits per heavy atom. The number of fused-ring (bicyclic) bond motifs is 1. The Morgan fingerprint density at radius 2 is 1.91 bits per heavy atom. The van der Waals surface area contributed by atoms with Gasteiger partial charge in [-0.2, -0.15) is 0 Å². The molecule has 1 heterocycles. The number of carbonyl (C=O) groups is 1. The monoisotopic (exact) mass is 315 g/mol. The average molecular weight is 315 g/mol. The Labute approximate surface area is 137 Å². The van der Waals surface area contributed by atoms with Crippen molar-refractivity contribution in [2.75, 3.05) is 13.7 Å². The standard InChI is InChI=1S/C19H25NO3/c1-22-17-9-10-18-14(12-17)11-15(13-23-18)19(21)20-16-7-5-3-2-4-6-8-16/h9-12,16H,2-8,13H2,1H3,(H,20,21). The Hall–Kier alpha value is -1.97. The zero-order valence-electron chi connectivity index (χ0n) is 13.8. The third-order valence-electron chi connectivity index (χ3n) is 4.66. The van der Waals surface area contributed by atoms with E-state index < -0.39 is 0 Å². The van der Waals surface area contributed by atoms with Gasteiger partial charge in [0.2, 0.25) is 0 Å². The van der Waals surface area contributed by atoms with Crippen LogP contribution in [0.3, 0.4) is 0 Å². The largest absolute Gasteiger partial charge is 0.497 e. The van der Waals surface area contributed by atoms with Crippen molar-refractivity contribution in [1.29, 1.82) is 0 Å². The van der Waals surface area contributed by atoms with Gasteiger partial charge in [0.1, 0.15) is 18.1 Å². The van der Waals surface area contributed by atoms with E-state index in [4.69, 9.17) is 9.47 Å². The lowest BCUT2D eigenvalue weighted by Gasteiger charge is -2.23. The highest BCUT2D eigenvalue weighted by Crippen LogP contribution is 2.30. The second-order valence-corrected chi connectivity index (χ2v) is 6.38. The number of nitrogens with one attached hydrogen (secondary N) is 1. The summed E-state index contributed by atoms with van der Waals surface area (Å²) in [7, 11) is 1.64. The number of hydrogen-bond donors (Lipinski definition) is 1. The number of carbonyl (C=O) groups excluding carboxylic acids is 1. The highest BCUT2D eigenvalue weighted by Gasteiger charge is 2.20. The molecule has 3 rings (SSSR count). The summed E-state index contributed by atoms with van der Waals surface area (Å²) in [6, 6.07) is 5.95. The van der Waals surface area contributed by atoms with E-state index in [9.17, 15) is 4.79 Å². The van der Waals surface area contributed by atoms with Gasteiger partial charge in [0, 0.05) is 11.6 Å². The van der Waals surface area contributed by atoms with Crippen molar-refractivity contribution in [1.82, 2.24) is 5.32 Å². The Kier molecular flexibility index (Phi) is 5.21. The first-order valence-electron chi connectivity index (χ1n) is 8.58. The number of ether oxygens (including phenoxy) is 2. The maximum Gasteiger partial charge on any atom is 0.250 e. The van der Waals surface area contributed by atoms with Crippen molar-refractivity contribution >= 4 is 12.0 Å². The summed E-state index contributed by atoms with van der Waals surface area (Å²) < 4.78 is 10.9. The van der Waals surface area contributed by atoms with Gasteiger partial charge in [-0.25, -0.2) is 0 Å². The summed E-state index contributed by atoms with van der Waals surface area (Å²) in [6.07, 6.45) is 10.4. The molecule has 1 saturated carbocycles. The quantitative estimate of drug-likeness (QED) is 0.925. The van der Waals surface area contributed by atoms with Gasteiger partial charge < -0.3 is 14.8 Å². The molecule has 0 atom stereocenters. The van der Waals surface area contributed by atoms with Crippen molar-refractivity contribution < 1.29 is 14.3 Å². The van der Waals surface area contributed by atoms with Crippen LogP contribution in [0.4, 0.5) is 0 Å². The second-order valence-electron chi connectivity index (χ2n) is 6.38. The van der Waals surface area contributed by atoms with Crippen LogP contribution in [0, 0.1) is 0 Å². The van der Waals surface area contributed by atoms with Gasteiger partial charge in [-0.1, -0.05) is 32.1 Å². The lowest BCUT2D eigenvalue weighted by atomic mass is 9.96. The molecule has 124 valence electrons. The molecule has 0 spiro atoms. The van der Waals surface area contributed by atoms with Crippen molar-refractivity contribution in [2.24, 2.45) is 0 Å². The fourth-order valence-electron chi connectivity index (χ4n) is 3.29. The van der Waals surface area contributed by atoms with Gasteiger partial charge in [0.25, 0.3) is 5.91 Å². The van der Waals surface area contributed by atoms with E-state index in [1.807, 2.05) is 24.3 Å². The molecule has 23 heavy (non-hydrogen) atoms. The summed E-state index contributed by atoms with van der Waals surface area (Å²) in [5.41, 5.74) is 1.59. The fraction of sp³-hybridized carbons (Fsp3) is 0.526. The van der Waals surface area contributed by atoms with E-state index in [-0.39, 0.29) is 5.91 Å². The highest BCUT2D eigenvalue weighted by atomic mass is 16.5. The van der Waals surface area contributed by atoms with Gasteiger partial charge in [-0.05, 0) is 37.1 Å². The van der Waals surface area contributed by atoms with Crippen LogP contribution in [0.15, 0.2) is 23.8 Å². The van der Waals surface area contributed by atoms with Crippen molar-refractivity contribution in [3.63, 3.8) is 0 Å². The third kappa shape index (κ3) is 4.06. The van der Waals surface area contributed by atoms with Crippen LogP contribution in [0.25, 0.3) is 6.08 Å². The second kappa shape index (κ2) is 7.53. The molecule has 0 saturated heterocycles. The predicted octanol–water partition coefficient (Wildman–Crippen LogP) is 3.70. The Morgan fingerprint density at radius 1 is 1.17 bits per heavy atom. The van der Waals surface area contributed by atoms with E-state index in [2.05, 4.69) is 5.32 Å². The smallest absolute Gasteiger partial charge is 0.250 e. The predicted molar refractivity (Wildman–Crippen MR) is 90.7 cm³/mol. The van der Waals surface area contributed by atoms with Crippen LogP contribution >= 0.6 is 0 Å². The van der Waals surface area contributed by atoms with Gasteiger partial charge in [-0.3, -0.25) is 4.79 Å². The topological polar surface area (TPSA) is 47.6 Å². The minimum atomic E-state index is 0.00374. The third-order valence-corrected chi connectivity index (χ3v) is 4.66.